The molecular formula is C28H27NO8. The van der Waals surface area contributed by atoms with E-state index in [1.165, 1.54) is 0 Å². The molecular weight excluding hydrogens is 478 g/mol. The lowest BCUT2D eigenvalue weighted by Gasteiger charge is -2.46. The van der Waals surface area contributed by atoms with E-state index in [0.29, 0.717) is 11.5 Å². The van der Waals surface area contributed by atoms with Crippen molar-refractivity contribution >= 4 is 11.8 Å². The number of amides is 2. The fraction of sp³-hybridized carbons (Fsp3) is 0.286. The molecule has 0 aromatic heterocycles. The van der Waals surface area contributed by atoms with Crippen LogP contribution >= 0.6 is 0 Å². The highest BCUT2D eigenvalue weighted by Gasteiger charge is 2.55. The summed E-state index contributed by atoms with van der Waals surface area (Å²) in [4.78, 5) is 27.9. The second-order valence-corrected chi connectivity index (χ2v) is 8.79. The Bertz CT molecular complexity index is 1210. The van der Waals surface area contributed by atoms with E-state index in [9.17, 15) is 19.8 Å². The summed E-state index contributed by atoms with van der Waals surface area (Å²) in [5.74, 6) is -0.0928. The van der Waals surface area contributed by atoms with Crippen molar-refractivity contribution in [1.82, 2.24) is 4.90 Å². The van der Waals surface area contributed by atoms with Crippen molar-refractivity contribution in [3.05, 3.63) is 95.6 Å². The zero-order valence-electron chi connectivity index (χ0n) is 20.1. The molecule has 2 heterocycles. The standard InChI is InChI=1S/C28H27NO8/c1-34-18-11-13-19(14-12-18)36-28-23(29-26(32)20-9-5-6-10-21(20)27(29)33)25(24(31)22(15-30)37-28)35-16-17-7-3-2-4-8-17/h2-14,22-25,28,30-31H,15-16H2,1H3. The Morgan fingerprint density at radius 3 is 2.05 bits per heavy atom. The van der Waals surface area contributed by atoms with Gasteiger partial charge in [0.1, 0.15) is 35.9 Å². The highest BCUT2D eigenvalue weighted by molar-refractivity contribution is 6.21. The molecule has 5 unspecified atom stereocenters. The van der Waals surface area contributed by atoms with Crippen LogP contribution in [-0.2, 0) is 16.1 Å². The third kappa shape index (κ3) is 4.82. The first-order valence-corrected chi connectivity index (χ1v) is 11.9. The molecule has 1 saturated heterocycles. The summed E-state index contributed by atoms with van der Waals surface area (Å²) in [6.45, 7) is -0.431. The van der Waals surface area contributed by atoms with Crippen LogP contribution in [0.4, 0.5) is 0 Å². The van der Waals surface area contributed by atoms with E-state index in [2.05, 4.69) is 0 Å². The number of methoxy groups -OCH3 is 1. The molecule has 9 heteroatoms. The minimum absolute atomic E-state index is 0.0929. The van der Waals surface area contributed by atoms with Gasteiger partial charge >= 0.3 is 0 Å². The van der Waals surface area contributed by atoms with Crippen molar-refractivity contribution in [2.75, 3.05) is 13.7 Å². The summed E-state index contributed by atoms with van der Waals surface area (Å²) in [7, 11) is 1.54. The second-order valence-electron chi connectivity index (χ2n) is 8.79. The predicted molar refractivity (Wildman–Crippen MR) is 131 cm³/mol. The van der Waals surface area contributed by atoms with E-state index in [0.717, 1.165) is 10.5 Å². The third-order valence-electron chi connectivity index (χ3n) is 6.54. The van der Waals surface area contributed by atoms with Gasteiger partial charge in [0.25, 0.3) is 11.8 Å². The largest absolute Gasteiger partial charge is 0.497 e. The van der Waals surface area contributed by atoms with Crippen LogP contribution in [0.3, 0.4) is 0 Å². The second kappa shape index (κ2) is 10.7. The molecule has 0 saturated carbocycles. The van der Waals surface area contributed by atoms with Crippen molar-refractivity contribution < 1.29 is 38.7 Å². The Hall–Kier alpha value is -3.76. The first-order valence-electron chi connectivity index (χ1n) is 11.9. The first-order chi connectivity index (χ1) is 18.0. The smallest absolute Gasteiger partial charge is 0.262 e. The Balaban J connectivity index is 1.52. The van der Waals surface area contributed by atoms with E-state index in [-0.39, 0.29) is 17.7 Å². The fourth-order valence-electron chi connectivity index (χ4n) is 4.65. The summed E-state index contributed by atoms with van der Waals surface area (Å²) in [5, 5.41) is 21.1. The molecule has 2 amide bonds. The minimum atomic E-state index is -1.35. The molecule has 1 fully saturated rings. The molecule has 5 rings (SSSR count). The number of imide groups is 1. The summed E-state index contributed by atoms with van der Waals surface area (Å²) >= 11 is 0. The topological polar surface area (TPSA) is 115 Å². The number of aliphatic hydroxyl groups is 2. The molecule has 192 valence electrons. The van der Waals surface area contributed by atoms with Gasteiger partial charge in [-0.25, -0.2) is 0 Å². The minimum Gasteiger partial charge on any atom is -0.497 e. The number of rotatable bonds is 8. The van der Waals surface area contributed by atoms with Gasteiger partial charge in [0.2, 0.25) is 6.29 Å². The van der Waals surface area contributed by atoms with Crippen molar-refractivity contribution in [1.29, 1.82) is 0 Å². The Morgan fingerprint density at radius 2 is 1.46 bits per heavy atom. The lowest BCUT2D eigenvalue weighted by Crippen LogP contribution is -2.67. The molecule has 0 bridgehead atoms. The van der Waals surface area contributed by atoms with Gasteiger partial charge in [0, 0.05) is 0 Å². The van der Waals surface area contributed by atoms with Crippen LogP contribution in [0, 0.1) is 0 Å². The van der Waals surface area contributed by atoms with Crippen LogP contribution in [-0.4, -0.2) is 71.3 Å². The number of carbonyl (C=O) groups is 2. The van der Waals surface area contributed by atoms with Gasteiger partial charge in [-0.15, -0.1) is 0 Å². The molecule has 37 heavy (non-hydrogen) atoms. The van der Waals surface area contributed by atoms with Crippen molar-refractivity contribution in [3.8, 4) is 11.5 Å². The summed E-state index contributed by atoms with van der Waals surface area (Å²) in [6, 6.07) is 21.3. The van der Waals surface area contributed by atoms with Crippen LogP contribution < -0.4 is 9.47 Å². The Kier molecular flexibility index (Phi) is 7.20. The number of benzene rings is 3. The quantitative estimate of drug-likeness (QED) is 0.449. The normalized spacial score (nSPS) is 25.2. The first kappa shape index (κ1) is 24.9. The third-order valence-corrected chi connectivity index (χ3v) is 6.54. The van der Waals surface area contributed by atoms with Crippen LogP contribution in [0.5, 0.6) is 11.5 Å². The number of carbonyl (C=O) groups excluding carboxylic acids is 2. The number of nitrogens with zero attached hydrogens (tertiary/aromatic N) is 1. The summed E-state index contributed by atoms with van der Waals surface area (Å²) in [6.07, 6.45) is -4.78. The highest BCUT2D eigenvalue weighted by Crippen LogP contribution is 2.35. The highest BCUT2D eigenvalue weighted by atomic mass is 16.7. The van der Waals surface area contributed by atoms with Crippen molar-refractivity contribution in [2.45, 2.75) is 37.3 Å². The lowest BCUT2D eigenvalue weighted by atomic mass is 9.95. The van der Waals surface area contributed by atoms with E-state index in [1.807, 2.05) is 30.3 Å². The van der Waals surface area contributed by atoms with Gasteiger partial charge in [0.15, 0.2) is 0 Å². The molecule has 3 aromatic rings. The Morgan fingerprint density at radius 1 is 0.865 bits per heavy atom. The predicted octanol–water partition coefficient (Wildman–Crippen LogP) is 2.40. The van der Waals surface area contributed by atoms with Gasteiger partial charge < -0.3 is 29.2 Å². The van der Waals surface area contributed by atoms with Gasteiger partial charge in [-0.3, -0.25) is 14.5 Å². The monoisotopic (exact) mass is 505 g/mol. The molecule has 0 spiro atoms. The zero-order chi connectivity index (χ0) is 25.9. The van der Waals surface area contributed by atoms with Crippen molar-refractivity contribution in [2.24, 2.45) is 0 Å². The van der Waals surface area contributed by atoms with Crippen LogP contribution in [0.2, 0.25) is 0 Å². The van der Waals surface area contributed by atoms with E-state index in [1.54, 1.807) is 55.6 Å². The zero-order valence-corrected chi connectivity index (χ0v) is 20.1. The maximum Gasteiger partial charge on any atom is 0.262 e. The number of fused-ring (bicyclic) bond motifs is 1. The van der Waals surface area contributed by atoms with E-state index in [4.69, 9.17) is 18.9 Å². The molecule has 2 aliphatic heterocycles. The van der Waals surface area contributed by atoms with E-state index >= 15 is 0 Å². The lowest BCUT2D eigenvalue weighted by molar-refractivity contribution is -0.264. The van der Waals surface area contributed by atoms with Gasteiger partial charge in [-0.05, 0) is 42.0 Å². The molecule has 0 radical (unpaired) electrons. The number of aliphatic hydroxyl groups excluding tert-OH is 2. The number of hydrogen-bond donors (Lipinski definition) is 2. The van der Waals surface area contributed by atoms with Crippen LogP contribution in [0.25, 0.3) is 0 Å². The molecule has 2 N–H and O–H groups in total. The number of hydrogen-bond acceptors (Lipinski definition) is 8. The molecule has 5 atom stereocenters. The maximum atomic E-state index is 13.5. The fourth-order valence-corrected chi connectivity index (χ4v) is 4.65. The van der Waals surface area contributed by atoms with Crippen molar-refractivity contribution in [3.63, 3.8) is 0 Å². The Labute approximate surface area is 213 Å². The van der Waals surface area contributed by atoms with Gasteiger partial charge in [-0.2, -0.15) is 0 Å². The molecule has 2 aliphatic rings. The summed E-state index contributed by atoms with van der Waals surface area (Å²) < 4.78 is 23.4. The van der Waals surface area contributed by atoms with Gasteiger partial charge in [0.05, 0.1) is 31.5 Å². The SMILES string of the molecule is COc1ccc(OC2OC(CO)C(O)C(OCc3ccccc3)C2N2C(=O)c3ccccc3C2=O)cc1. The van der Waals surface area contributed by atoms with Crippen LogP contribution in [0.15, 0.2) is 78.9 Å². The number of ether oxygens (including phenoxy) is 4. The molecule has 3 aromatic carbocycles. The van der Waals surface area contributed by atoms with Crippen LogP contribution in [0.1, 0.15) is 26.3 Å². The average molecular weight is 506 g/mol. The summed E-state index contributed by atoms with van der Waals surface area (Å²) in [5.41, 5.74) is 1.32. The maximum absolute atomic E-state index is 13.5. The molecule has 9 nitrogen and oxygen atoms in total. The van der Waals surface area contributed by atoms with E-state index < -0.39 is 49.1 Å². The van der Waals surface area contributed by atoms with Gasteiger partial charge in [-0.1, -0.05) is 42.5 Å². The molecule has 0 aliphatic carbocycles. The average Bonchev–Trinajstić information content (AvgIpc) is 3.19.